The largest absolute Gasteiger partial charge is 0.311 e. The van der Waals surface area contributed by atoms with E-state index in [1.54, 1.807) is 0 Å². The van der Waals surface area contributed by atoms with Gasteiger partial charge in [-0.2, -0.15) is 0 Å². The topological polar surface area (TPSA) is 12.0 Å². The van der Waals surface area contributed by atoms with E-state index in [0.29, 0.717) is 11.5 Å². The van der Waals surface area contributed by atoms with Crippen molar-refractivity contribution in [1.29, 1.82) is 0 Å². The Morgan fingerprint density at radius 3 is 2.00 bits per heavy atom. The lowest BCUT2D eigenvalue weighted by Crippen LogP contribution is -2.44. The highest BCUT2D eigenvalue weighted by molar-refractivity contribution is 4.86. The molecule has 0 radical (unpaired) electrons. The van der Waals surface area contributed by atoms with Crippen molar-refractivity contribution < 1.29 is 0 Å². The van der Waals surface area contributed by atoms with Gasteiger partial charge in [-0.1, -0.05) is 48.0 Å². The van der Waals surface area contributed by atoms with Gasteiger partial charge in [-0.05, 0) is 49.4 Å². The third-order valence-corrected chi connectivity index (χ3v) is 5.44. The first-order chi connectivity index (χ1) is 8.40. The highest BCUT2D eigenvalue weighted by Gasteiger charge is 2.32. The van der Waals surface area contributed by atoms with Crippen molar-refractivity contribution in [1.82, 2.24) is 5.32 Å². The fraction of sp³-hybridized carbons (Fsp3) is 1.00. The minimum absolute atomic E-state index is 0.549. The Labute approximate surface area is 115 Å². The Hall–Kier alpha value is -0.0400. The Morgan fingerprint density at radius 1 is 1.06 bits per heavy atom. The van der Waals surface area contributed by atoms with Gasteiger partial charge in [0.2, 0.25) is 0 Å². The highest BCUT2D eigenvalue weighted by Crippen LogP contribution is 2.40. The lowest BCUT2D eigenvalue weighted by molar-refractivity contribution is 0.131. The molecule has 1 atom stereocenters. The Balaban J connectivity index is 2.40. The molecule has 108 valence electrons. The van der Waals surface area contributed by atoms with Crippen LogP contribution in [0.3, 0.4) is 0 Å². The first kappa shape index (κ1) is 16.0. The smallest absolute Gasteiger partial charge is 0.00900 e. The van der Waals surface area contributed by atoms with Crippen LogP contribution in [-0.4, -0.2) is 12.1 Å². The summed E-state index contributed by atoms with van der Waals surface area (Å²) in [5.41, 5.74) is 0.549. The maximum absolute atomic E-state index is 3.90. The molecular formula is C17H35N. The number of nitrogens with one attached hydrogen (secondary N) is 1. The van der Waals surface area contributed by atoms with Gasteiger partial charge in [0.05, 0.1) is 0 Å². The van der Waals surface area contributed by atoms with Crippen molar-refractivity contribution in [3.8, 4) is 0 Å². The van der Waals surface area contributed by atoms with E-state index in [4.69, 9.17) is 0 Å². The van der Waals surface area contributed by atoms with Gasteiger partial charge in [-0.25, -0.2) is 0 Å². The van der Waals surface area contributed by atoms with Crippen molar-refractivity contribution in [2.75, 3.05) is 0 Å². The molecule has 1 fully saturated rings. The predicted octanol–water partition coefficient (Wildman–Crippen LogP) is 5.01. The maximum Gasteiger partial charge on any atom is 0.00900 e. The molecule has 1 saturated carbocycles. The summed E-state index contributed by atoms with van der Waals surface area (Å²) in [6.45, 7) is 14.2. The van der Waals surface area contributed by atoms with E-state index < -0.39 is 0 Å². The summed E-state index contributed by atoms with van der Waals surface area (Å²) < 4.78 is 0. The first-order valence-corrected chi connectivity index (χ1v) is 8.16. The van der Waals surface area contributed by atoms with Crippen LogP contribution in [0.15, 0.2) is 0 Å². The fourth-order valence-electron chi connectivity index (χ4n) is 3.41. The molecule has 1 nitrogen and oxygen atoms in total. The van der Waals surface area contributed by atoms with Crippen molar-refractivity contribution in [3.05, 3.63) is 0 Å². The molecule has 0 aromatic carbocycles. The van der Waals surface area contributed by atoms with Crippen LogP contribution in [0.4, 0.5) is 0 Å². The Morgan fingerprint density at radius 2 is 1.61 bits per heavy atom. The molecule has 1 aliphatic carbocycles. The summed E-state index contributed by atoms with van der Waals surface area (Å²) in [5.74, 6) is 1.71. The van der Waals surface area contributed by atoms with Crippen molar-refractivity contribution in [2.24, 2.45) is 17.3 Å². The summed E-state index contributed by atoms with van der Waals surface area (Å²) in [4.78, 5) is 0. The van der Waals surface area contributed by atoms with E-state index in [0.717, 1.165) is 17.9 Å². The van der Waals surface area contributed by atoms with Crippen LogP contribution in [0, 0.1) is 17.3 Å². The van der Waals surface area contributed by atoms with E-state index in [9.17, 15) is 0 Å². The molecule has 0 aromatic rings. The van der Waals surface area contributed by atoms with E-state index in [-0.39, 0.29) is 0 Å². The second kappa shape index (κ2) is 6.93. The monoisotopic (exact) mass is 253 g/mol. The number of hydrogen-bond donors (Lipinski definition) is 1. The molecule has 0 spiro atoms. The number of hydrogen-bond acceptors (Lipinski definition) is 1. The average molecular weight is 253 g/mol. The molecule has 0 heterocycles. The van der Waals surface area contributed by atoms with Crippen LogP contribution in [0.2, 0.25) is 0 Å². The third kappa shape index (κ3) is 4.26. The van der Waals surface area contributed by atoms with Crippen molar-refractivity contribution in [3.63, 3.8) is 0 Å². The van der Waals surface area contributed by atoms with Gasteiger partial charge in [0, 0.05) is 12.1 Å². The summed E-state index contributed by atoms with van der Waals surface area (Å²) in [5, 5.41) is 3.90. The lowest BCUT2D eigenvalue weighted by Gasteiger charge is -2.40. The molecular weight excluding hydrogens is 218 g/mol. The zero-order chi connectivity index (χ0) is 13.8. The first-order valence-electron chi connectivity index (χ1n) is 8.16. The molecule has 1 aliphatic rings. The number of rotatable bonds is 6. The highest BCUT2D eigenvalue weighted by atomic mass is 15.0. The van der Waals surface area contributed by atoms with Gasteiger partial charge < -0.3 is 5.32 Å². The van der Waals surface area contributed by atoms with Crippen molar-refractivity contribution in [2.45, 2.75) is 92.2 Å². The van der Waals surface area contributed by atoms with Crippen LogP contribution in [0.5, 0.6) is 0 Å². The summed E-state index contributed by atoms with van der Waals surface area (Å²) in [6.07, 6.45) is 8.20. The second-order valence-corrected chi connectivity index (χ2v) is 7.32. The normalized spacial score (nSPS) is 27.5. The molecule has 1 rings (SSSR count). The Kier molecular flexibility index (Phi) is 6.17. The lowest BCUT2D eigenvalue weighted by atomic mass is 9.69. The summed E-state index contributed by atoms with van der Waals surface area (Å²) in [6, 6.07) is 1.49. The molecule has 18 heavy (non-hydrogen) atoms. The molecule has 1 heteroatoms. The zero-order valence-corrected chi connectivity index (χ0v) is 13.6. The van der Waals surface area contributed by atoms with Gasteiger partial charge in [0.15, 0.2) is 0 Å². The Bertz CT molecular complexity index is 224. The van der Waals surface area contributed by atoms with Gasteiger partial charge in [0.25, 0.3) is 0 Å². The summed E-state index contributed by atoms with van der Waals surface area (Å²) in [7, 11) is 0. The zero-order valence-electron chi connectivity index (χ0n) is 13.6. The molecule has 0 aromatic heterocycles. The van der Waals surface area contributed by atoms with Gasteiger partial charge >= 0.3 is 0 Å². The SMILES string of the molecule is CCC(NC1CCC(C(C)(C)CC)CC1)C(C)C. The summed E-state index contributed by atoms with van der Waals surface area (Å²) >= 11 is 0. The minimum atomic E-state index is 0.549. The minimum Gasteiger partial charge on any atom is -0.311 e. The van der Waals surface area contributed by atoms with Crippen LogP contribution in [0.1, 0.15) is 80.1 Å². The standard InChI is InChI=1S/C17H35N/c1-7-16(13(3)4)18-15-11-9-14(10-12-15)17(5,6)8-2/h13-16,18H,7-12H2,1-6H3. The van der Waals surface area contributed by atoms with E-state index in [2.05, 4.69) is 46.9 Å². The second-order valence-electron chi connectivity index (χ2n) is 7.32. The van der Waals surface area contributed by atoms with E-state index >= 15 is 0 Å². The molecule has 0 amide bonds. The fourth-order valence-corrected chi connectivity index (χ4v) is 3.41. The molecule has 0 saturated heterocycles. The quantitative estimate of drug-likeness (QED) is 0.702. The van der Waals surface area contributed by atoms with Gasteiger partial charge in [-0.3, -0.25) is 0 Å². The molecule has 0 aliphatic heterocycles. The van der Waals surface area contributed by atoms with Crippen LogP contribution in [0.25, 0.3) is 0 Å². The maximum atomic E-state index is 3.90. The van der Waals surface area contributed by atoms with E-state index in [1.807, 2.05) is 0 Å². The molecule has 1 N–H and O–H groups in total. The van der Waals surface area contributed by atoms with Gasteiger partial charge in [-0.15, -0.1) is 0 Å². The van der Waals surface area contributed by atoms with Crippen molar-refractivity contribution >= 4 is 0 Å². The third-order valence-electron chi connectivity index (χ3n) is 5.44. The van der Waals surface area contributed by atoms with Gasteiger partial charge in [0.1, 0.15) is 0 Å². The predicted molar refractivity (Wildman–Crippen MR) is 81.9 cm³/mol. The van der Waals surface area contributed by atoms with Crippen LogP contribution < -0.4 is 5.32 Å². The molecule has 0 bridgehead atoms. The van der Waals surface area contributed by atoms with E-state index in [1.165, 1.54) is 38.5 Å². The molecule has 1 unspecified atom stereocenters. The van der Waals surface area contributed by atoms with Crippen LogP contribution >= 0.6 is 0 Å². The average Bonchev–Trinajstić information content (AvgIpc) is 2.36. The van der Waals surface area contributed by atoms with Crippen LogP contribution in [-0.2, 0) is 0 Å².